The number of nitrogens with one attached hydrogen (secondary N) is 1. The number of rotatable bonds is 3. The molecule has 1 saturated heterocycles. The number of esters is 1. The summed E-state index contributed by atoms with van der Waals surface area (Å²) in [4.78, 5) is 38.0. The minimum absolute atomic E-state index is 0.00807. The Labute approximate surface area is 146 Å². The molecule has 1 aromatic carbocycles. The van der Waals surface area contributed by atoms with Crippen molar-refractivity contribution in [2.75, 3.05) is 11.9 Å². The van der Waals surface area contributed by atoms with E-state index in [1.807, 2.05) is 4.90 Å². The molecule has 1 aliphatic carbocycles. The highest BCUT2D eigenvalue weighted by Gasteiger charge is 2.39. The van der Waals surface area contributed by atoms with Gasteiger partial charge in [0.1, 0.15) is 5.75 Å². The maximum absolute atomic E-state index is 12.5. The molecule has 1 atom stereocenters. The van der Waals surface area contributed by atoms with Gasteiger partial charge in [0.25, 0.3) is 0 Å². The van der Waals surface area contributed by atoms with Crippen molar-refractivity contribution < 1.29 is 19.1 Å². The van der Waals surface area contributed by atoms with E-state index in [2.05, 4.69) is 5.32 Å². The van der Waals surface area contributed by atoms with Crippen LogP contribution in [0.3, 0.4) is 0 Å². The number of anilines is 1. The van der Waals surface area contributed by atoms with E-state index in [4.69, 9.17) is 4.74 Å². The zero-order chi connectivity index (χ0) is 17.4. The molecule has 0 radical (unpaired) electrons. The van der Waals surface area contributed by atoms with Crippen molar-refractivity contribution in [2.24, 2.45) is 5.92 Å². The third-order valence-corrected chi connectivity index (χ3v) is 5.45. The van der Waals surface area contributed by atoms with E-state index >= 15 is 0 Å². The first-order valence-electron chi connectivity index (χ1n) is 9.04. The molecular weight excluding hydrogens is 320 g/mol. The number of amides is 2. The Morgan fingerprint density at radius 3 is 2.76 bits per heavy atom. The van der Waals surface area contributed by atoms with Gasteiger partial charge in [0.15, 0.2) is 0 Å². The number of hydrogen-bond acceptors (Lipinski definition) is 4. The van der Waals surface area contributed by atoms with Crippen LogP contribution in [-0.4, -0.2) is 35.3 Å². The quantitative estimate of drug-likeness (QED) is 0.675. The number of carbonyl (C=O) groups is 3. The van der Waals surface area contributed by atoms with Crippen molar-refractivity contribution in [1.29, 1.82) is 0 Å². The van der Waals surface area contributed by atoms with Crippen LogP contribution in [0, 0.1) is 5.92 Å². The largest absolute Gasteiger partial charge is 0.426 e. The Hall–Kier alpha value is -2.37. The second kappa shape index (κ2) is 6.50. The van der Waals surface area contributed by atoms with Crippen LogP contribution in [0.25, 0.3) is 0 Å². The summed E-state index contributed by atoms with van der Waals surface area (Å²) in [7, 11) is 0. The van der Waals surface area contributed by atoms with E-state index < -0.39 is 0 Å². The van der Waals surface area contributed by atoms with Crippen LogP contribution >= 0.6 is 0 Å². The normalized spacial score (nSPS) is 23.5. The lowest BCUT2D eigenvalue weighted by atomic mass is 10.0. The van der Waals surface area contributed by atoms with E-state index in [0.717, 1.165) is 36.9 Å². The molecule has 1 aromatic rings. The molecule has 3 aliphatic rings. The number of aryl methyl sites for hydroxylation is 1. The van der Waals surface area contributed by atoms with Gasteiger partial charge in [-0.2, -0.15) is 0 Å². The average molecular weight is 342 g/mol. The summed E-state index contributed by atoms with van der Waals surface area (Å²) in [5, 5.41) is 2.81. The molecule has 6 heteroatoms. The van der Waals surface area contributed by atoms with E-state index in [1.54, 1.807) is 18.2 Å². The van der Waals surface area contributed by atoms with Crippen LogP contribution < -0.4 is 10.1 Å². The molecule has 25 heavy (non-hydrogen) atoms. The standard InChI is InChI=1S/C19H22N2O4/c22-17-8-5-12-9-15(6-7-16(12)20-17)25-19(24)13-10-18(23)21(11-13)14-3-1-2-4-14/h6-7,9,13-14H,1-5,8,10-11H2,(H,20,22)/t13-/m1/s1. The van der Waals surface area contributed by atoms with Crippen LogP contribution in [0.2, 0.25) is 0 Å². The van der Waals surface area contributed by atoms with Gasteiger partial charge in [-0.1, -0.05) is 12.8 Å². The number of benzene rings is 1. The molecule has 6 nitrogen and oxygen atoms in total. The van der Waals surface area contributed by atoms with Gasteiger partial charge in [0, 0.05) is 31.1 Å². The number of fused-ring (bicyclic) bond motifs is 1. The van der Waals surface area contributed by atoms with Gasteiger partial charge >= 0.3 is 5.97 Å². The maximum Gasteiger partial charge on any atom is 0.316 e. The Bertz CT molecular complexity index is 724. The Morgan fingerprint density at radius 2 is 1.96 bits per heavy atom. The van der Waals surface area contributed by atoms with Crippen LogP contribution in [0.1, 0.15) is 44.1 Å². The van der Waals surface area contributed by atoms with Gasteiger partial charge in [-0.25, -0.2) is 0 Å². The summed E-state index contributed by atoms with van der Waals surface area (Å²) >= 11 is 0. The number of likely N-dealkylation sites (tertiary alicyclic amines) is 1. The lowest BCUT2D eigenvalue weighted by molar-refractivity contribution is -0.139. The second-order valence-electron chi connectivity index (χ2n) is 7.17. The Morgan fingerprint density at radius 1 is 1.16 bits per heavy atom. The highest BCUT2D eigenvalue weighted by atomic mass is 16.5. The highest BCUT2D eigenvalue weighted by molar-refractivity contribution is 5.94. The van der Waals surface area contributed by atoms with Gasteiger partial charge in [0.2, 0.25) is 11.8 Å². The molecule has 1 N–H and O–H groups in total. The van der Waals surface area contributed by atoms with Crippen LogP contribution in [0.5, 0.6) is 5.75 Å². The van der Waals surface area contributed by atoms with E-state index in [9.17, 15) is 14.4 Å². The maximum atomic E-state index is 12.5. The molecule has 1 saturated carbocycles. The van der Waals surface area contributed by atoms with Gasteiger partial charge in [-0.15, -0.1) is 0 Å². The molecular formula is C19H22N2O4. The number of nitrogens with zero attached hydrogens (tertiary/aromatic N) is 1. The smallest absolute Gasteiger partial charge is 0.316 e. The first-order chi connectivity index (χ1) is 12.1. The van der Waals surface area contributed by atoms with Crippen molar-refractivity contribution in [3.8, 4) is 5.75 Å². The Kier molecular flexibility index (Phi) is 4.19. The number of carbonyl (C=O) groups excluding carboxylic acids is 3. The first kappa shape index (κ1) is 16.1. The number of hydrogen-bond donors (Lipinski definition) is 1. The van der Waals surface area contributed by atoms with Gasteiger partial charge in [-0.3, -0.25) is 14.4 Å². The van der Waals surface area contributed by atoms with Crippen LogP contribution in [-0.2, 0) is 20.8 Å². The van der Waals surface area contributed by atoms with Crippen LogP contribution in [0.4, 0.5) is 5.69 Å². The molecule has 2 amide bonds. The zero-order valence-electron chi connectivity index (χ0n) is 14.1. The highest BCUT2D eigenvalue weighted by Crippen LogP contribution is 2.31. The summed E-state index contributed by atoms with van der Waals surface area (Å²) in [6.07, 6.45) is 5.75. The molecule has 4 rings (SSSR count). The van der Waals surface area contributed by atoms with Crippen LogP contribution in [0.15, 0.2) is 18.2 Å². The molecule has 0 bridgehead atoms. The minimum Gasteiger partial charge on any atom is -0.426 e. The van der Waals surface area contributed by atoms with Crippen molar-refractivity contribution in [1.82, 2.24) is 4.90 Å². The summed E-state index contributed by atoms with van der Waals surface area (Å²) in [6.45, 7) is 0.476. The van der Waals surface area contributed by atoms with E-state index in [1.165, 1.54) is 0 Å². The predicted octanol–water partition coefficient (Wildman–Crippen LogP) is 2.27. The predicted molar refractivity (Wildman–Crippen MR) is 91.1 cm³/mol. The fourth-order valence-corrected chi connectivity index (χ4v) is 4.08. The summed E-state index contributed by atoms with van der Waals surface area (Å²) in [6, 6.07) is 5.56. The van der Waals surface area contributed by atoms with Gasteiger partial charge < -0.3 is 15.0 Å². The lowest BCUT2D eigenvalue weighted by Gasteiger charge is -2.23. The van der Waals surface area contributed by atoms with E-state index in [-0.39, 0.29) is 30.1 Å². The van der Waals surface area contributed by atoms with Gasteiger partial charge in [-0.05, 0) is 43.0 Å². The van der Waals surface area contributed by atoms with Crippen molar-refractivity contribution in [3.05, 3.63) is 23.8 Å². The summed E-state index contributed by atoms with van der Waals surface area (Å²) in [5.41, 5.74) is 1.75. The fraction of sp³-hybridized carbons (Fsp3) is 0.526. The third-order valence-electron chi connectivity index (χ3n) is 5.45. The molecule has 0 unspecified atom stereocenters. The SMILES string of the molecule is O=C1CCc2cc(OC(=O)[C@@H]3CC(=O)N(C4CCCC4)C3)ccc2N1. The van der Waals surface area contributed by atoms with Crippen molar-refractivity contribution in [3.63, 3.8) is 0 Å². The summed E-state index contributed by atoms with van der Waals surface area (Å²) in [5.74, 6) is -0.167. The molecule has 2 fully saturated rings. The number of ether oxygens (including phenoxy) is 1. The van der Waals surface area contributed by atoms with Crippen molar-refractivity contribution >= 4 is 23.5 Å². The summed E-state index contributed by atoms with van der Waals surface area (Å²) < 4.78 is 5.52. The minimum atomic E-state index is -0.385. The molecule has 0 spiro atoms. The topological polar surface area (TPSA) is 75.7 Å². The molecule has 132 valence electrons. The lowest BCUT2D eigenvalue weighted by Crippen LogP contribution is -2.35. The zero-order valence-corrected chi connectivity index (χ0v) is 14.1. The van der Waals surface area contributed by atoms with Crippen molar-refractivity contribution in [2.45, 2.75) is 51.0 Å². The van der Waals surface area contributed by atoms with E-state index in [0.29, 0.717) is 31.2 Å². The average Bonchev–Trinajstić information content (AvgIpc) is 3.24. The Balaban J connectivity index is 1.40. The fourth-order valence-electron chi connectivity index (χ4n) is 4.08. The monoisotopic (exact) mass is 342 g/mol. The third kappa shape index (κ3) is 3.25. The second-order valence-corrected chi connectivity index (χ2v) is 7.17. The molecule has 0 aromatic heterocycles. The van der Waals surface area contributed by atoms with Gasteiger partial charge in [0.05, 0.1) is 5.92 Å². The first-order valence-corrected chi connectivity index (χ1v) is 9.04. The molecule has 2 heterocycles. The molecule has 2 aliphatic heterocycles.